The molecule has 2 heterocycles. The van der Waals surface area contributed by atoms with Crippen molar-refractivity contribution in [3.63, 3.8) is 0 Å². The summed E-state index contributed by atoms with van der Waals surface area (Å²) < 4.78 is 0. The predicted octanol–water partition coefficient (Wildman–Crippen LogP) is 1.08. The second-order valence-corrected chi connectivity index (χ2v) is 2.73. The first-order valence-corrected chi connectivity index (χ1v) is 3.66. The molecule has 12 heavy (non-hydrogen) atoms. The van der Waals surface area contributed by atoms with Gasteiger partial charge in [0.2, 0.25) is 0 Å². The number of hydrogen-bond acceptors (Lipinski definition) is 2. The van der Waals surface area contributed by atoms with E-state index in [-0.39, 0.29) is 0 Å². The van der Waals surface area contributed by atoms with Crippen molar-refractivity contribution in [2.45, 2.75) is 6.92 Å². The van der Waals surface area contributed by atoms with Crippen LogP contribution in [0, 0.1) is 18.3 Å². The summed E-state index contributed by atoms with van der Waals surface area (Å²) in [4.78, 5) is 0. The van der Waals surface area contributed by atoms with Gasteiger partial charge in [-0.2, -0.15) is 0 Å². The molecular weight excluding hydrogens is 149 g/mol. The molecule has 0 fully saturated rings. The number of H-pyrrole nitrogens is 1. The molecule has 3 nitrogen and oxygen atoms in total. The van der Waals surface area contributed by atoms with E-state index in [1.807, 2.05) is 32.0 Å². The average molecular weight is 155 g/mol. The molecule has 2 aromatic rings. The van der Waals surface area contributed by atoms with Gasteiger partial charge < -0.3 is 0 Å². The van der Waals surface area contributed by atoms with Crippen LogP contribution in [0.25, 0.3) is 10.8 Å². The number of aryl methyl sites for hydroxylation is 1. The van der Waals surface area contributed by atoms with Crippen LogP contribution in [0.15, 0.2) is 12.1 Å². The predicted molar refractivity (Wildman–Crippen MR) is 46.9 cm³/mol. The maximum absolute atomic E-state index is 8.66. The minimum absolute atomic E-state index is 0.463. The van der Waals surface area contributed by atoms with Gasteiger partial charge in [-0.05, 0) is 0 Å². The van der Waals surface area contributed by atoms with Gasteiger partial charge in [0.05, 0.1) is 0 Å². The molecule has 0 saturated heterocycles. The van der Waals surface area contributed by atoms with Gasteiger partial charge in [0, 0.05) is 0 Å². The summed E-state index contributed by atoms with van der Waals surface area (Å²) in [6, 6.07) is 5.91. The van der Waals surface area contributed by atoms with E-state index in [0.717, 1.165) is 16.3 Å². The van der Waals surface area contributed by atoms with E-state index < -0.39 is 0 Å². The fourth-order valence-corrected chi connectivity index (χ4v) is 1.22. The van der Waals surface area contributed by atoms with Crippen molar-refractivity contribution in [3.05, 3.63) is 23.3 Å². The number of aromatic nitrogens is 2. The van der Waals surface area contributed by atoms with Crippen molar-refractivity contribution in [1.82, 2.24) is 10.2 Å². The molecule has 2 rings (SSSR count). The zero-order valence-electron chi connectivity index (χ0n) is 6.63. The SMILES string of the molecule is Cc1bc2[nH]nc(C#N)c2cc1. The van der Waals surface area contributed by atoms with Gasteiger partial charge in [-0.3, -0.25) is 0 Å². The monoisotopic (exact) mass is 155 g/mol. The van der Waals surface area contributed by atoms with E-state index in [4.69, 9.17) is 5.26 Å². The number of nitriles is 1. The van der Waals surface area contributed by atoms with Crippen molar-refractivity contribution < 1.29 is 0 Å². The molecule has 0 saturated carbocycles. The van der Waals surface area contributed by atoms with Gasteiger partial charge in [-0.1, -0.05) is 0 Å². The first-order chi connectivity index (χ1) is 5.81. The first-order valence-electron chi connectivity index (χ1n) is 3.66. The zero-order valence-corrected chi connectivity index (χ0v) is 6.63. The number of rotatable bonds is 0. The average Bonchev–Trinajstić information content (AvgIpc) is 2.46. The summed E-state index contributed by atoms with van der Waals surface area (Å²) in [6.07, 6.45) is 0. The molecule has 0 spiro atoms. The molecular formula is C8H6BN3. The maximum atomic E-state index is 8.66. The number of nitrogens with zero attached hydrogens (tertiary/aromatic N) is 2. The van der Waals surface area contributed by atoms with E-state index in [1.165, 1.54) is 0 Å². The Labute approximate surface area is 70.2 Å². The van der Waals surface area contributed by atoms with Crippen LogP contribution in [0.1, 0.15) is 11.2 Å². The Morgan fingerprint density at radius 1 is 1.58 bits per heavy atom. The Bertz CT molecular complexity index is 467. The Balaban J connectivity index is 2.84. The van der Waals surface area contributed by atoms with E-state index in [1.54, 1.807) is 0 Å². The van der Waals surface area contributed by atoms with Gasteiger partial charge in [0.15, 0.2) is 0 Å². The molecule has 1 N–H and O–H groups in total. The summed E-state index contributed by atoms with van der Waals surface area (Å²) >= 11 is 0. The molecule has 0 aliphatic rings. The minimum atomic E-state index is 0.463. The summed E-state index contributed by atoms with van der Waals surface area (Å²) in [5.41, 5.74) is 2.55. The standard InChI is InChI=1S/C8H6BN3/c1-5-2-3-6-7(4-10)11-12-8(6)9-5/h2-3H,1H3,(H,11,12). The van der Waals surface area contributed by atoms with Crippen molar-refractivity contribution in [2.75, 3.05) is 0 Å². The van der Waals surface area contributed by atoms with Crippen LogP contribution in [0.5, 0.6) is 0 Å². The van der Waals surface area contributed by atoms with E-state index in [0.29, 0.717) is 5.69 Å². The Kier molecular flexibility index (Phi) is 1.44. The number of nitrogens with one attached hydrogen (secondary N) is 1. The van der Waals surface area contributed by atoms with Crippen LogP contribution in [-0.2, 0) is 0 Å². The quantitative estimate of drug-likeness (QED) is 0.618. The van der Waals surface area contributed by atoms with Gasteiger partial charge >= 0.3 is 69.4 Å². The molecule has 56 valence electrons. The Hall–Kier alpha value is -1.63. The molecule has 4 heteroatoms. The molecule has 0 radical (unpaired) electrons. The van der Waals surface area contributed by atoms with Crippen LogP contribution < -0.4 is 0 Å². The van der Waals surface area contributed by atoms with Crippen LogP contribution >= 0.6 is 0 Å². The number of hydrogen-bond donors (Lipinski definition) is 1. The third-order valence-electron chi connectivity index (χ3n) is 1.82. The fourth-order valence-electron chi connectivity index (χ4n) is 1.22. The summed E-state index contributed by atoms with van der Waals surface area (Å²) in [6.45, 7) is 3.98. The molecule has 0 amide bonds. The van der Waals surface area contributed by atoms with Gasteiger partial charge in [-0.15, -0.1) is 0 Å². The van der Waals surface area contributed by atoms with Crippen molar-refractivity contribution >= 4 is 17.7 Å². The topological polar surface area (TPSA) is 52.5 Å². The van der Waals surface area contributed by atoms with Crippen molar-refractivity contribution in [3.8, 4) is 6.07 Å². The summed E-state index contributed by atoms with van der Waals surface area (Å²) in [7, 11) is 0. The molecule has 0 aliphatic carbocycles. The molecule has 2 aromatic heterocycles. The van der Waals surface area contributed by atoms with Crippen LogP contribution in [0.3, 0.4) is 0 Å². The number of aromatic amines is 1. The zero-order chi connectivity index (χ0) is 8.55. The van der Waals surface area contributed by atoms with Crippen LogP contribution in [0.2, 0.25) is 0 Å². The third-order valence-corrected chi connectivity index (χ3v) is 1.82. The summed E-state index contributed by atoms with van der Waals surface area (Å²) in [5.74, 6) is 0. The van der Waals surface area contributed by atoms with Gasteiger partial charge in [0.1, 0.15) is 0 Å². The van der Waals surface area contributed by atoms with Crippen molar-refractivity contribution in [2.24, 2.45) is 0 Å². The van der Waals surface area contributed by atoms with E-state index >= 15 is 0 Å². The van der Waals surface area contributed by atoms with Crippen molar-refractivity contribution in [1.29, 1.82) is 5.26 Å². The molecule has 0 bridgehead atoms. The fraction of sp³-hybridized carbons (Fsp3) is 0.125. The second kappa shape index (κ2) is 2.45. The van der Waals surface area contributed by atoms with Crippen LogP contribution in [-0.4, -0.2) is 17.1 Å². The molecule has 0 unspecified atom stereocenters. The third kappa shape index (κ3) is 0.910. The second-order valence-electron chi connectivity index (χ2n) is 2.73. The Morgan fingerprint density at radius 3 is 3.17 bits per heavy atom. The normalized spacial score (nSPS) is 9.67. The summed E-state index contributed by atoms with van der Waals surface area (Å²) in [5, 5.41) is 16.2. The first kappa shape index (κ1) is 7.05. The van der Waals surface area contributed by atoms with Gasteiger partial charge in [-0.25, -0.2) is 0 Å². The Morgan fingerprint density at radius 2 is 2.42 bits per heavy atom. The molecule has 0 atom stereocenters. The number of fused-ring (bicyclic) bond motifs is 1. The molecule has 0 aromatic carbocycles. The van der Waals surface area contributed by atoms with Gasteiger partial charge in [0.25, 0.3) is 0 Å². The van der Waals surface area contributed by atoms with Crippen LogP contribution in [0.4, 0.5) is 0 Å². The molecule has 0 aliphatic heterocycles. The van der Waals surface area contributed by atoms with E-state index in [9.17, 15) is 0 Å². The van der Waals surface area contributed by atoms with E-state index in [2.05, 4.69) is 10.2 Å².